The van der Waals surface area contributed by atoms with E-state index in [-0.39, 0.29) is 18.0 Å². The number of ketones is 1. The van der Waals surface area contributed by atoms with Gasteiger partial charge in [0.05, 0.1) is 6.26 Å². The topological polar surface area (TPSA) is 98.8 Å². The molecule has 0 heterocycles. The zero-order valence-electron chi connectivity index (χ0n) is 8.00. The molecule has 0 unspecified atom stereocenters. The van der Waals surface area contributed by atoms with E-state index in [1.807, 2.05) is 0 Å². The normalized spacial score (nSPS) is 19.2. The van der Waals surface area contributed by atoms with Crippen LogP contribution in [0.15, 0.2) is 29.0 Å². The van der Waals surface area contributed by atoms with Gasteiger partial charge in [-0.15, -0.1) is 0 Å². The molecular weight excluding hydrogens is 220 g/mol. The molecular formula is C8H10N2O4S. The second-order valence-corrected chi connectivity index (χ2v) is 4.42. The summed E-state index contributed by atoms with van der Waals surface area (Å²) < 4.78 is 25.5. The molecule has 0 aromatic carbocycles. The maximum absolute atomic E-state index is 11.1. The first-order chi connectivity index (χ1) is 6.92. The third-order valence-electron chi connectivity index (χ3n) is 1.54. The van der Waals surface area contributed by atoms with Crippen LogP contribution in [0.1, 0.15) is 0 Å². The molecule has 0 atom stereocenters. The van der Waals surface area contributed by atoms with Crippen LogP contribution in [0.3, 0.4) is 0 Å². The Hall–Kier alpha value is -1.47. The van der Waals surface area contributed by atoms with Gasteiger partial charge in [-0.25, -0.2) is 0 Å². The Morgan fingerprint density at radius 1 is 1.47 bits per heavy atom. The monoisotopic (exact) mass is 230 g/mol. The van der Waals surface area contributed by atoms with Crippen LogP contribution in [-0.4, -0.2) is 32.7 Å². The minimum Gasteiger partial charge on any atom is -0.326 e. The number of rotatable bonds is 3. The van der Waals surface area contributed by atoms with Crippen molar-refractivity contribution < 1.29 is 17.5 Å². The van der Waals surface area contributed by atoms with E-state index in [2.05, 4.69) is 9.44 Å². The van der Waals surface area contributed by atoms with Crippen molar-refractivity contribution in [2.24, 2.45) is 10.9 Å². The molecule has 0 saturated heterocycles. The van der Waals surface area contributed by atoms with E-state index in [1.54, 1.807) is 0 Å². The van der Waals surface area contributed by atoms with E-state index < -0.39 is 10.1 Å². The van der Waals surface area contributed by atoms with Gasteiger partial charge in [0.15, 0.2) is 5.78 Å². The Labute approximate surface area is 87.2 Å². The van der Waals surface area contributed by atoms with Crippen molar-refractivity contribution in [3.8, 4) is 0 Å². The second-order valence-electron chi connectivity index (χ2n) is 2.87. The Morgan fingerprint density at radius 2 is 2.13 bits per heavy atom. The Bertz CT molecular complexity index is 459. The van der Waals surface area contributed by atoms with Crippen molar-refractivity contribution in [3.63, 3.8) is 0 Å². The van der Waals surface area contributed by atoms with Gasteiger partial charge in [-0.1, -0.05) is 5.16 Å². The molecule has 15 heavy (non-hydrogen) atoms. The molecule has 0 radical (unpaired) electrons. The first kappa shape index (κ1) is 11.6. The number of hydrogen-bond donors (Lipinski definition) is 1. The summed E-state index contributed by atoms with van der Waals surface area (Å²) in [6.45, 7) is 0.0705. The lowest BCUT2D eigenvalue weighted by Crippen LogP contribution is -2.16. The van der Waals surface area contributed by atoms with Crippen molar-refractivity contribution in [1.29, 1.82) is 0 Å². The lowest BCUT2D eigenvalue weighted by atomic mass is 10.0. The van der Waals surface area contributed by atoms with Crippen LogP contribution in [0.4, 0.5) is 0 Å². The molecule has 6 nitrogen and oxygen atoms in total. The van der Waals surface area contributed by atoms with Gasteiger partial charge in [-0.05, 0) is 18.2 Å². The molecule has 1 rings (SSSR count). The summed E-state index contributed by atoms with van der Waals surface area (Å²) in [6, 6.07) is 0. The van der Waals surface area contributed by atoms with E-state index >= 15 is 0 Å². The number of nitrogens with two attached hydrogens (primary N) is 1. The van der Waals surface area contributed by atoms with E-state index in [9.17, 15) is 13.2 Å². The van der Waals surface area contributed by atoms with Crippen molar-refractivity contribution >= 4 is 21.6 Å². The quantitative estimate of drug-likeness (QED) is 0.512. The van der Waals surface area contributed by atoms with Gasteiger partial charge in [0.1, 0.15) is 5.71 Å². The van der Waals surface area contributed by atoms with Gasteiger partial charge >= 0.3 is 10.1 Å². The highest BCUT2D eigenvalue weighted by atomic mass is 32.2. The summed E-state index contributed by atoms with van der Waals surface area (Å²) in [5.74, 6) is -0.212. The minimum atomic E-state index is -3.63. The fourth-order valence-corrected chi connectivity index (χ4v) is 1.11. The first-order valence-electron chi connectivity index (χ1n) is 4.02. The number of carbonyl (C=O) groups is 1. The van der Waals surface area contributed by atoms with Gasteiger partial charge in [0.25, 0.3) is 0 Å². The van der Waals surface area contributed by atoms with Gasteiger partial charge in [-0.2, -0.15) is 8.42 Å². The Morgan fingerprint density at radius 3 is 2.67 bits per heavy atom. The first-order valence-corrected chi connectivity index (χ1v) is 5.83. The molecule has 82 valence electrons. The molecule has 2 N–H and O–H groups in total. The largest absolute Gasteiger partial charge is 0.326 e. The van der Waals surface area contributed by atoms with E-state index in [0.717, 1.165) is 6.26 Å². The van der Waals surface area contributed by atoms with Crippen LogP contribution in [0.25, 0.3) is 0 Å². The molecule has 0 spiro atoms. The summed E-state index contributed by atoms with van der Waals surface area (Å²) in [5, 5.41) is 3.34. The fourth-order valence-electron chi connectivity index (χ4n) is 0.893. The Kier molecular flexibility index (Phi) is 3.38. The third-order valence-corrected chi connectivity index (χ3v) is 1.89. The van der Waals surface area contributed by atoms with Crippen molar-refractivity contribution in [2.75, 3.05) is 12.8 Å². The van der Waals surface area contributed by atoms with E-state index in [1.165, 1.54) is 18.2 Å². The average molecular weight is 230 g/mol. The third kappa shape index (κ3) is 3.64. The van der Waals surface area contributed by atoms with Crippen LogP contribution in [0.2, 0.25) is 0 Å². The van der Waals surface area contributed by atoms with Crippen molar-refractivity contribution in [1.82, 2.24) is 0 Å². The lowest BCUT2D eigenvalue weighted by molar-refractivity contribution is -0.111. The highest BCUT2D eigenvalue weighted by Crippen LogP contribution is 2.05. The van der Waals surface area contributed by atoms with Crippen molar-refractivity contribution in [3.05, 3.63) is 23.8 Å². The molecule has 7 heteroatoms. The number of allylic oxidation sites excluding steroid dienone is 3. The molecule has 0 amide bonds. The summed E-state index contributed by atoms with van der Waals surface area (Å²) >= 11 is 0. The highest BCUT2D eigenvalue weighted by molar-refractivity contribution is 7.85. The second kappa shape index (κ2) is 4.37. The van der Waals surface area contributed by atoms with Crippen LogP contribution < -0.4 is 5.73 Å². The van der Waals surface area contributed by atoms with E-state index in [0.29, 0.717) is 5.57 Å². The fraction of sp³-hybridized carbons (Fsp3) is 0.250. The average Bonchev–Trinajstić information content (AvgIpc) is 2.15. The number of hydrogen-bond acceptors (Lipinski definition) is 6. The molecule has 0 aromatic heterocycles. The molecule has 0 bridgehead atoms. The summed E-state index contributed by atoms with van der Waals surface area (Å²) in [7, 11) is -3.63. The van der Waals surface area contributed by atoms with Gasteiger partial charge in [0, 0.05) is 12.1 Å². The number of nitrogens with zero attached hydrogens (tertiary/aromatic N) is 1. The summed E-state index contributed by atoms with van der Waals surface area (Å²) in [4.78, 5) is 11.1. The molecule has 0 aromatic rings. The van der Waals surface area contributed by atoms with Crippen LogP contribution in [0, 0.1) is 0 Å². The molecule has 0 saturated carbocycles. The van der Waals surface area contributed by atoms with Gasteiger partial charge in [-0.3, -0.25) is 9.08 Å². The van der Waals surface area contributed by atoms with Gasteiger partial charge in [0.2, 0.25) is 0 Å². The number of oxime groups is 1. The smallest absolute Gasteiger partial charge is 0.325 e. The highest BCUT2D eigenvalue weighted by Gasteiger charge is 2.11. The predicted molar refractivity (Wildman–Crippen MR) is 54.6 cm³/mol. The summed E-state index contributed by atoms with van der Waals surface area (Å²) in [6.07, 6.45) is 4.87. The van der Waals surface area contributed by atoms with E-state index in [4.69, 9.17) is 5.73 Å². The Balaban J connectivity index is 2.86. The number of carbonyl (C=O) groups excluding carboxylic acids is 1. The zero-order chi connectivity index (χ0) is 11.5. The molecule has 0 aliphatic heterocycles. The lowest BCUT2D eigenvalue weighted by Gasteiger charge is -2.05. The summed E-state index contributed by atoms with van der Waals surface area (Å²) in [5.41, 5.74) is 5.89. The van der Waals surface area contributed by atoms with Crippen LogP contribution >= 0.6 is 0 Å². The van der Waals surface area contributed by atoms with Crippen molar-refractivity contribution in [2.45, 2.75) is 0 Å². The van der Waals surface area contributed by atoms with Gasteiger partial charge < -0.3 is 5.73 Å². The van der Waals surface area contributed by atoms with Crippen LogP contribution in [-0.2, 0) is 19.2 Å². The SMILES string of the molecule is CS(=O)(=O)ON=C1C=CC(=O)C(CN)=C1. The standard InChI is InChI=1S/C8H10N2O4S/c1-15(12,13)14-10-7-2-3-8(11)6(4-7)5-9/h2-4H,5,9H2,1H3. The molecule has 1 aliphatic carbocycles. The predicted octanol–water partition coefficient (Wildman–Crippen LogP) is -0.657. The zero-order valence-corrected chi connectivity index (χ0v) is 8.82. The maximum Gasteiger partial charge on any atom is 0.325 e. The minimum absolute atomic E-state index is 0.0705. The maximum atomic E-state index is 11.1. The molecule has 0 fully saturated rings. The molecule has 1 aliphatic rings. The van der Waals surface area contributed by atoms with Crippen LogP contribution in [0.5, 0.6) is 0 Å².